The number of benzene rings is 1. The third kappa shape index (κ3) is 6.72. The summed E-state index contributed by atoms with van der Waals surface area (Å²) in [5.41, 5.74) is 0.769. The van der Waals surface area contributed by atoms with Crippen LogP contribution in [0.4, 0.5) is 4.39 Å². The molecular weight excluding hydrogens is 229 g/mol. The van der Waals surface area contributed by atoms with Gasteiger partial charge in [0, 0.05) is 13.2 Å². The molecule has 102 valence electrons. The molecule has 0 aliphatic carbocycles. The summed E-state index contributed by atoms with van der Waals surface area (Å²) in [5, 5.41) is 3.26. The zero-order chi connectivity index (χ0) is 13.2. The van der Waals surface area contributed by atoms with E-state index in [9.17, 15) is 4.39 Å². The zero-order valence-electron chi connectivity index (χ0n) is 11.4. The second kappa shape index (κ2) is 9.06. The van der Waals surface area contributed by atoms with Gasteiger partial charge >= 0.3 is 0 Å². The summed E-state index contributed by atoms with van der Waals surface area (Å²) in [6.07, 6.45) is 1.83. The van der Waals surface area contributed by atoms with Crippen LogP contribution < -0.4 is 5.32 Å². The number of hydrogen-bond donors (Lipinski definition) is 1. The van der Waals surface area contributed by atoms with Crippen LogP contribution in [-0.4, -0.2) is 26.3 Å². The molecule has 1 aromatic carbocycles. The number of ether oxygens (including phenoxy) is 1. The first-order chi connectivity index (χ1) is 8.70. The maximum Gasteiger partial charge on any atom is 0.126 e. The van der Waals surface area contributed by atoms with Crippen molar-refractivity contribution in [3.05, 3.63) is 35.6 Å². The molecule has 0 aliphatic rings. The average molecular weight is 253 g/mol. The van der Waals surface area contributed by atoms with E-state index in [0.29, 0.717) is 5.92 Å². The lowest BCUT2D eigenvalue weighted by Gasteiger charge is -2.08. The molecule has 0 saturated carbocycles. The molecule has 1 rings (SSSR count). The molecule has 0 atom stereocenters. The summed E-state index contributed by atoms with van der Waals surface area (Å²) in [6, 6.07) is 6.92. The Labute approximate surface area is 110 Å². The van der Waals surface area contributed by atoms with Crippen molar-refractivity contribution in [2.45, 2.75) is 26.7 Å². The molecule has 0 bridgehead atoms. The predicted octanol–water partition coefficient (Wildman–Crippen LogP) is 3.02. The standard InChI is InChI=1S/C15H24FNO/c1-13(2)8-11-18-12-10-17-9-7-14-5-3-4-6-15(14)16/h3-6,13,17H,7-12H2,1-2H3. The summed E-state index contributed by atoms with van der Waals surface area (Å²) in [5.74, 6) is 0.575. The molecule has 0 aromatic heterocycles. The summed E-state index contributed by atoms with van der Waals surface area (Å²) in [6.45, 7) is 7.55. The molecule has 18 heavy (non-hydrogen) atoms. The molecular formula is C15H24FNO. The van der Waals surface area contributed by atoms with E-state index in [2.05, 4.69) is 19.2 Å². The second-order valence-corrected chi connectivity index (χ2v) is 4.89. The van der Waals surface area contributed by atoms with Gasteiger partial charge in [0.05, 0.1) is 6.61 Å². The minimum atomic E-state index is -0.118. The summed E-state index contributed by atoms with van der Waals surface area (Å²) < 4.78 is 18.8. The van der Waals surface area contributed by atoms with Crippen LogP contribution in [0, 0.1) is 11.7 Å². The van der Waals surface area contributed by atoms with Crippen LogP contribution in [0.5, 0.6) is 0 Å². The van der Waals surface area contributed by atoms with Crippen LogP contribution in [0.15, 0.2) is 24.3 Å². The first-order valence-electron chi connectivity index (χ1n) is 6.72. The highest BCUT2D eigenvalue weighted by molar-refractivity contribution is 5.17. The van der Waals surface area contributed by atoms with Crippen molar-refractivity contribution in [1.82, 2.24) is 5.32 Å². The first-order valence-corrected chi connectivity index (χ1v) is 6.72. The highest BCUT2D eigenvalue weighted by atomic mass is 19.1. The molecule has 0 saturated heterocycles. The van der Waals surface area contributed by atoms with Crippen molar-refractivity contribution in [2.24, 2.45) is 5.92 Å². The molecule has 0 heterocycles. The van der Waals surface area contributed by atoms with E-state index < -0.39 is 0 Å². The fraction of sp³-hybridized carbons (Fsp3) is 0.600. The van der Waals surface area contributed by atoms with Crippen LogP contribution in [0.1, 0.15) is 25.8 Å². The van der Waals surface area contributed by atoms with Gasteiger partial charge in [0.1, 0.15) is 5.82 Å². The van der Waals surface area contributed by atoms with E-state index in [0.717, 1.165) is 44.7 Å². The van der Waals surface area contributed by atoms with Gasteiger partial charge in [-0.05, 0) is 36.9 Å². The summed E-state index contributed by atoms with van der Waals surface area (Å²) in [4.78, 5) is 0. The average Bonchev–Trinajstić information content (AvgIpc) is 2.34. The molecule has 0 spiro atoms. The van der Waals surface area contributed by atoms with Crippen molar-refractivity contribution in [3.8, 4) is 0 Å². The van der Waals surface area contributed by atoms with E-state index >= 15 is 0 Å². The van der Waals surface area contributed by atoms with Gasteiger partial charge in [-0.25, -0.2) is 4.39 Å². The molecule has 0 amide bonds. The Bertz CT molecular complexity index is 328. The van der Waals surface area contributed by atoms with E-state index in [1.807, 2.05) is 12.1 Å². The largest absolute Gasteiger partial charge is 0.380 e. The van der Waals surface area contributed by atoms with Crippen LogP contribution >= 0.6 is 0 Å². The Morgan fingerprint density at radius 1 is 1.17 bits per heavy atom. The van der Waals surface area contributed by atoms with Gasteiger partial charge in [-0.1, -0.05) is 32.0 Å². The molecule has 3 heteroatoms. The third-order valence-corrected chi connectivity index (χ3v) is 2.79. The van der Waals surface area contributed by atoms with Crippen molar-refractivity contribution < 1.29 is 9.13 Å². The minimum absolute atomic E-state index is 0.118. The second-order valence-electron chi connectivity index (χ2n) is 4.89. The summed E-state index contributed by atoms with van der Waals surface area (Å²) in [7, 11) is 0. The molecule has 1 aromatic rings. The molecule has 0 fully saturated rings. The lowest BCUT2D eigenvalue weighted by Crippen LogP contribution is -2.22. The van der Waals surface area contributed by atoms with Gasteiger partial charge in [-0.15, -0.1) is 0 Å². The van der Waals surface area contributed by atoms with Gasteiger partial charge in [-0.2, -0.15) is 0 Å². The van der Waals surface area contributed by atoms with Gasteiger partial charge in [-0.3, -0.25) is 0 Å². The minimum Gasteiger partial charge on any atom is -0.380 e. The quantitative estimate of drug-likeness (QED) is 0.683. The fourth-order valence-electron chi connectivity index (χ4n) is 1.61. The molecule has 2 nitrogen and oxygen atoms in total. The van der Waals surface area contributed by atoms with Gasteiger partial charge in [0.2, 0.25) is 0 Å². The predicted molar refractivity (Wildman–Crippen MR) is 73.2 cm³/mol. The summed E-state index contributed by atoms with van der Waals surface area (Å²) >= 11 is 0. The van der Waals surface area contributed by atoms with Crippen molar-refractivity contribution in [2.75, 3.05) is 26.3 Å². The molecule has 0 aliphatic heterocycles. The number of hydrogen-bond acceptors (Lipinski definition) is 2. The maximum absolute atomic E-state index is 13.3. The highest BCUT2D eigenvalue weighted by Crippen LogP contribution is 2.05. The Morgan fingerprint density at radius 3 is 2.67 bits per heavy atom. The number of rotatable bonds is 9. The van der Waals surface area contributed by atoms with Gasteiger partial charge in [0.25, 0.3) is 0 Å². The van der Waals surface area contributed by atoms with E-state index in [1.165, 1.54) is 6.07 Å². The van der Waals surface area contributed by atoms with Gasteiger partial charge < -0.3 is 10.1 Å². The Balaban J connectivity index is 1.98. The highest BCUT2D eigenvalue weighted by Gasteiger charge is 1.99. The van der Waals surface area contributed by atoms with Crippen molar-refractivity contribution >= 4 is 0 Å². The molecule has 1 N–H and O–H groups in total. The van der Waals surface area contributed by atoms with E-state index in [1.54, 1.807) is 6.07 Å². The van der Waals surface area contributed by atoms with Crippen molar-refractivity contribution in [3.63, 3.8) is 0 Å². The van der Waals surface area contributed by atoms with Crippen LogP contribution in [-0.2, 0) is 11.2 Å². The Kier molecular flexibility index (Phi) is 7.62. The maximum atomic E-state index is 13.3. The topological polar surface area (TPSA) is 21.3 Å². The third-order valence-electron chi connectivity index (χ3n) is 2.79. The van der Waals surface area contributed by atoms with E-state index in [-0.39, 0.29) is 5.82 Å². The lowest BCUT2D eigenvalue weighted by atomic mass is 10.1. The SMILES string of the molecule is CC(C)CCOCCNCCc1ccccc1F. The number of nitrogens with one attached hydrogen (secondary N) is 1. The van der Waals surface area contributed by atoms with Crippen LogP contribution in [0.2, 0.25) is 0 Å². The van der Waals surface area contributed by atoms with E-state index in [4.69, 9.17) is 4.74 Å². The zero-order valence-corrected chi connectivity index (χ0v) is 11.4. The van der Waals surface area contributed by atoms with Crippen LogP contribution in [0.25, 0.3) is 0 Å². The Morgan fingerprint density at radius 2 is 1.94 bits per heavy atom. The number of halogens is 1. The monoisotopic (exact) mass is 253 g/mol. The first kappa shape index (κ1) is 15.1. The fourth-order valence-corrected chi connectivity index (χ4v) is 1.61. The van der Waals surface area contributed by atoms with Crippen LogP contribution in [0.3, 0.4) is 0 Å². The van der Waals surface area contributed by atoms with Gasteiger partial charge in [0.15, 0.2) is 0 Å². The lowest BCUT2D eigenvalue weighted by molar-refractivity contribution is 0.125. The normalized spacial score (nSPS) is 11.1. The van der Waals surface area contributed by atoms with Crippen molar-refractivity contribution in [1.29, 1.82) is 0 Å². The Hall–Kier alpha value is -0.930. The smallest absolute Gasteiger partial charge is 0.126 e. The molecule has 0 radical (unpaired) electrons. The molecule has 0 unspecified atom stereocenters.